The fraction of sp³-hybridized carbons (Fsp3) is 0.278. The van der Waals surface area contributed by atoms with Crippen molar-refractivity contribution >= 4 is 44.9 Å². The Bertz CT molecular complexity index is 1050. The van der Waals surface area contributed by atoms with Gasteiger partial charge in [0.15, 0.2) is 5.75 Å². The smallest absolute Gasteiger partial charge is 0.360 e. The normalized spacial score (nSPS) is 17.1. The van der Waals surface area contributed by atoms with Crippen LogP contribution >= 0.6 is 11.6 Å². The second kappa shape index (κ2) is 7.25. The minimum Gasteiger partial charge on any atom is -0.360 e. The summed E-state index contributed by atoms with van der Waals surface area (Å²) in [4.78, 5) is 9.33. The van der Waals surface area contributed by atoms with E-state index in [1.165, 1.54) is 12.1 Å². The number of rotatable bonds is 2. The number of benzene rings is 2. The van der Waals surface area contributed by atoms with Crippen molar-refractivity contribution in [1.29, 1.82) is 0 Å². The van der Waals surface area contributed by atoms with E-state index in [2.05, 4.69) is 26.3 Å². The van der Waals surface area contributed by atoms with Crippen molar-refractivity contribution in [2.75, 3.05) is 38.5 Å². The molecule has 2 aliphatic heterocycles. The van der Waals surface area contributed by atoms with Crippen LogP contribution < -0.4 is 9.50 Å². The first-order chi connectivity index (χ1) is 13.3. The monoisotopic (exact) mass is 422 g/mol. The largest absolute Gasteiger partial charge is 0.446 e. The van der Waals surface area contributed by atoms with Crippen LogP contribution in [0.25, 0.3) is 0 Å². The Morgan fingerprint density at radius 1 is 1.14 bits per heavy atom. The Hall–Kier alpha value is -2.33. The summed E-state index contributed by atoms with van der Waals surface area (Å²) in [6.45, 7) is 3.56. The van der Waals surface area contributed by atoms with Gasteiger partial charge in [-0.3, -0.25) is 4.55 Å². The van der Waals surface area contributed by atoms with E-state index in [0.29, 0.717) is 11.4 Å². The van der Waals surface area contributed by atoms with Gasteiger partial charge in [0.25, 0.3) is 0 Å². The van der Waals surface area contributed by atoms with E-state index in [1.807, 2.05) is 24.3 Å². The van der Waals surface area contributed by atoms with Gasteiger partial charge in [0.2, 0.25) is 0 Å². The second-order valence-corrected chi connectivity index (χ2v) is 8.14. The van der Waals surface area contributed by atoms with Gasteiger partial charge in [0.05, 0.1) is 16.4 Å². The van der Waals surface area contributed by atoms with Crippen LogP contribution in [0.1, 0.15) is 5.56 Å². The zero-order valence-corrected chi connectivity index (χ0v) is 16.7. The zero-order chi connectivity index (χ0) is 19.9. The molecule has 8 nitrogen and oxygen atoms in total. The first kappa shape index (κ1) is 19.0. The van der Waals surface area contributed by atoms with E-state index in [9.17, 15) is 8.42 Å². The van der Waals surface area contributed by atoms with Crippen molar-refractivity contribution < 1.29 is 17.2 Å². The van der Waals surface area contributed by atoms with Crippen LogP contribution in [0.2, 0.25) is 5.02 Å². The zero-order valence-electron chi connectivity index (χ0n) is 15.1. The Morgan fingerprint density at radius 2 is 1.86 bits per heavy atom. The van der Waals surface area contributed by atoms with Crippen LogP contribution in [0.5, 0.6) is 5.75 Å². The molecule has 2 heterocycles. The molecule has 0 saturated carbocycles. The first-order valence-corrected chi connectivity index (χ1v) is 10.4. The molecule has 0 spiro atoms. The molecule has 0 unspecified atom stereocenters. The molecule has 0 aliphatic carbocycles. The van der Waals surface area contributed by atoms with Crippen LogP contribution in [-0.4, -0.2) is 61.8 Å². The lowest BCUT2D eigenvalue weighted by molar-refractivity contribution is 0.216. The number of aliphatic imine (C=N–C) groups is 1. The average molecular weight is 423 g/mol. The van der Waals surface area contributed by atoms with Crippen LogP contribution in [-0.2, 0) is 10.4 Å². The maximum atomic E-state index is 11.1. The molecule has 0 bridgehead atoms. The van der Waals surface area contributed by atoms with E-state index in [-0.39, 0.29) is 10.8 Å². The van der Waals surface area contributed by atoms with Crippen molar-refractivity contribution in [2.24, 2.45) is 4.99 Å². The molecule has 10 heteroatoms. The molecule has 0 amide bonds. The highest BCUT2D eigenvalue weighted by molar-refractivity contribution is 7.81. The van der Waals surface area contributed by atoms with E-state index in [4.69, 9.17) is 21.1 Å². The molecule has 0 atom stereocenters. The first-order valence-electron chi connectivity index (χ1n) is 8.69. The highest BCUT2D eigenvalue weighted by atomic mass is 35.5. The standard InChI is InChI=1S/C18H19ClN4O4S/c1-22-6-8-23(9-7-22)18-12-4-2-3-5-14(12)20-16-11-17(27-28(24,25)26)13(19)10-15(16)21-18/h2-5,10-11,20H,6-9H2,1H3,(H,24,25,26). The summed E-state index contributed by atoms with van der Waals surface area (Å²) in [5.41, 5.74) is 2.85. The van der Waals surface area contributed by atoms with Gasteiger partial charge in [-0.1, -0.05) is 23.7 Å². The third kappa shape index (κ3) is 3.93. The van der Waals surface area contributed by atoms with Crippen LogP contribution in [0, 0.1) is 0 Å². The number of anilines is 2. The molecule has 1 saturated heterocycles. The van der Waals surface area contributed by atoms with Crippen molar-refractivity contribution in [1.82, 2.24) is 9.80 Å². The highest BCUT2D eigenvalue weighted by Crippen LogP contribution is 2.41. The summed E-state index contributed by atoms with van der Waals surface area (Å²) < 4.78 is 35.7. The number of amidine groups is 1. The van der Waals surface area contributed by atoms with Gasteiger partial charge in [-0.05, 0) is 25.2 Å². The molecule has 2 aromatic rings. The van der Waals surface area contributed by atoms with Crippen molar-refractivity contribution in [3.63, 3.8) is 0 Å². The lowest BCUT2D eigenvalue weighted by atomic mass is 10.1. The van der Waals surface area contributed by atoms with Gasteiger partial charge < -0.3 is 19.3 Å². The van der Waals surface area contributed by atoms with E-state index in [1.54, 1.807) is 0 Å². The van der Waals surface area contributed by atoms with E-state index < -0.39 is 10.4 Å². The number of hydrogen-bond donors (Lipinski definition) is 2. The number of halogens is 1. The molecule has 1 fully saturated rings. The third-order valence-electron chi connectivity index (χ3n) is 4.71. The van der Waals surface area contributed by atoms with Gasteiger partial charge in [-0.25, -0.2) is 4.99 Å². The number of piperazine rings is 1. The predicted octanol–water partition coefficient (Wildman–Crippen LogP) is 2.90. The number of hydrogen-bond acceptors (Lipinski definition) is 7. The molecule has 2 aliphatic rings. The summed E-state index contributed by atoms with van der Waals surface area (Å²) >= 11 is 6.17. The summed E-state index contributed by atoms with van der Waals surface area (Å²) in [7, 11) is -2.60. The van der Waals surface area contributed by atoms with Gasteiger partial charge in [0, 0.05) is 43.5 Å². The number of nitrogens with zero attached hydrogens (tertiary/aromatic N) is 3. The van der Waals surface area contributed by atoms with Crippen LogP contribution in [0.15, 0.2) is 41.4 Å². The maximum Gasteiger partial charge on any atom is 0.446 e. The van der Waals surface area contributed by atoms with Gasteiger partial charge >= 0.3 is 10.4 Å². The van der Waals surface area contributed by atoms with Gasteiger partial charge in [-0.2, -0.15) is 8.42 Å². The molecule has 148 valence electrons. The molecule has 2 N–H and O–H groups in total. The molecule has 0 radical (unpaired) electrons. The topological polar surface area (TPSA) is 94.5 Å². The lowest BCUT2D eigenvalue weighted by Gasteiger charge is -2.34. The SMILES string of the molecule is CN1CCN(C2=Nc3cc(Cl)c(OS(=O)(=O)O)cc3Nc3ccccc32)CC1. The van der Waals surface area contributed by atoms with Crippen LogP contribution in [0.3, 0.4) is 0 Å². The predicted molar refractivity (Wildman–Crippen MR) is 109 cm³/mol. The Labute approximate surface area is 168 Å². The van der Waals surface area contributed by atoms with Crippen molar-refractivity contribution in [3.8, 4) is 5.75 Å². The number of para-hydroxylation sites is 1. The van der Waals surface area contributed by atoms with Gasteiger partial charge in [-0.15, -0.1) is 0 Å². The molecule has 4 rings (SSSR count). The minimum absolute atomic E-state index is 0.0330. The Morgan fingerprint density at radius 3 is 2.57 bits per heavy atom. The van der Waals surface area contributed by atoms with Gasteiger partial charge in [0.1, 0.15) is 5.84 Å². The molecule has 0 aromatic heterocycles. The minimum atomic E-state index is -4.69. The quantitative estimate of drug-likeness (QED) is 0.718. The summed E-state index contributed by atoms with van der Waals surface area (Å²) in [5, 5.41) is 3.30. The summed E-state index contributed by atoms with van der Waals surface area (Å²) in [6.07, 6.45) is 0. The van der Waals surface area contributed by atoms with Crippen LogP contribution in [0.4, 0.5) is 17.1 Å². The molecular weight excluding hydrogens is 404 g/mol. The number of likely N-dealkylation sites (N-methyl/N-ethyl adjacent to an activating group) is 1. The fourth-order valence-corrected chi connectivity index (χ4v) is 3.89. The summed E-state index contributed by atoms with van der Waals surface area (Å²) in [6, 6.07) is 10.7. The molecule has 28 heavy (non-hydrogen) atoms. The Kier molecular flexibility index (Phi) is 4.92. The maximum absolute atomic E-state index is 11.1. The molecular formula is C18H19ClN4O4S. The lowest BCUT2D eigenvalue weighted by Crippen LogP contribution is -2.47. The van der Waals surface area contributed by atoms with Crippen molar-refractivity contribution in [2.45, 2.75) is 0 Å². The van der Waals surface area contributed by atoms with E-state index >= 15 is 0 Å². The van der Waals surface area contributed by atoms with Crippen molar-refractivity contribution in [3.05, 3.63) is 47.0 Å². The second-order valence-electron chi connectivity index (χ2n) is 6.71. The average Bonchev–Trinajstić information content (AvgIpc) is 2.78. The third-order valence-corrected chi connectivity index (χ3v) is 5.40. The fourth-order valence-electron chi connectivity index (χ4n) is 3.28. The van der Waals surface area contributed by atoms with E-state index in [0.717, 1.165) is 43.3 Å². The summed E-state index contributed by atoms with van der Waals surface area (Å²) in [5.74, 6) is 0.653. The number of fused-ring (bicyclic) bond motifs is 2. The highest BCUT2D eigenvalue weighted by Gasteiger charge is 2.25. The Balaban J connectivity index is 1.82. The number of nitrogens with one attached hydrogen (secondary N) is 1. The molecule has 2 aromatic carbocycles.